The molecule has 0 saturated heterocycles. The summed E-state index contributed by atoms with van der Waals surface area (Å²) in [6.45, 7) is 3.56. The van der Waals surface area contributed by atoms with E-state index in [4.69, 9.17) is 5.11 Å². The van der Waals surface area contributed by atoms with Gasteiger partial charge in [0.15, 0.2) is 10.2 Å². The normalized spacial score (nSPS) is 12.0. The molecule has 0 aliphatic heterocycles. The van der Waals surface area contributed by atoms with Gasteiger partial charge in [0.05, 0.1) is 18.5 Å². The lowest BCUT2D eigenvalue weighted by Crippen LogP contribution is -2.15. The molecule has 7 nitrogen and oxygen atoms in total. The lowest BCUT2D eigenvalue weighted by Gasteiger charge is -2.04. The third-order valence-corrected chi connectivity index (χ3v) is 4.71. The molecule has 0 aliphatic carbocycles. The Kier molecular flexibility index (Phi) is 3.88. The first-order valence-electron chi connectivity index (χ1n) is 5.55. The maximum Gasteiger partial charge on any atom is 0.280 e. The summed E-state index contributed by atoms with van der Waals surface area (Å²) >= 11 is 1.22. The van der Waals surface area contributed by atoms with Crippen LogP contribution in [-0.4, -0.2) is 28.7 Å². The van der Waals surface area contributed by atoms with Crippen molar-refractivity contribution < 1.29 is 13.5 Å². The Hall–Kier alpha value is -1.45. The molecule has 9 heteroatoms. The van der Waals surface area contributed by atoms with Gasteiger partial charge in [-0.2, -0.15) is 13.5 Å². The van der Waals surface area contributed by atoms with E-state index >= 15 is 0 Å². The Morgan fingerprint density at radius 1 is 1.53 bits per heavy atom. The number of sulfonamides is 1. The van der Waals surface area contributed by atoms with Crippen LogP contribution in [0.5, 0.6) is 0 Å². The van der Waals surface area contributed by atoms with E-state index in [-0.39, 0.29) is 16.5 Å². The lowest BCUT2D eigenvalue weighted by atomic mass is 10.2. The summed E-state index contributed by atoms with van der Waals surface area (Å²) in [5, 5.41) is 17.0. The highest BCUT2D eigenvalue weighted by atomic mass is 32.2. The van der Waals surface area contributed by atoms with Crippen LogP contribution in [0.3, 0.4) is 0 Å². The lowest BCUT2D eigenvalue weighted by molar-refractivity contribution is 0.278. The third-order valence-electron chi connectivity index (χ3n) is 2.45. The number of nitrogens with zero attached hydrogens (tertiary/aromatic N) is 2. The van der Waals surface area contributed by atoms with Gasteiger partial charge in [0.25, 0.3) is 10.0 Å². The zero-order valence-corrected chi connectivity index (χ0v) is 12.0. The topological polar surface area (TPSA) is 108 Å². The van der Waals surface area contributed by atoms with Crippen LogP contribution in [0.15, 0.2) is 16.6 Å². The minimum atomic E-state index is -3.81. The van der Waals surface area contributed by atoms with Crippen LogP contribution in [0.25, 0.3) is 0 Å². The van der Waals surface area contributed by atoms with E-state index in [1.807, 2.05) is 19.2 Å². The van der Waals surface area contributed by atoms with Gasteiger partial charge in [-0.05, 0) is 5.92 Å². The van der Waals surface area contributed by atoms with Crippen molar-refractivity contribution in [3.63, 3.8) is 0 Å². The Bertz CT molecular complexity index is 660. The second kappa shape index (κ2) is 5.27. The van der Waals surface area contributed by atoms with Crippen molar-refractivity contribution in [1.82, 2.24) is 15.2 Å². The molecule has 0 fully saturated rings. The van der Waals surface area contributed by atoms with E-state index in [9.17, 15) is 8.42 Å². The van der Waals surface area contributed by atoms with Gasteiger partial charge >= 0.3 is 0 Å². The second-order valence-corrected chi connectivity index (χ2v) is 6.70. The molecular weight excluding hydrogens is 288 g/mol. The molecule has 2 aromatic heterocycles. The molecule has 3 N–H and O–H groups in total. The highest BCUT2D eigenvalue weighted by Crippen LogP contribution is 2.24. The van der Waals surface area contributed by atoms with Gasteiger partial charge in [-0.25, -0.2) is 4.98 Å². The van der Waals surface area contributed by atoms with Gasteiger partial charge in [0.2, 0.25) is 0 Å². The average molecular weight is 302 g/mol. The Morgan fingerprint density at radius 3 is 2.84 bits per heavy atom. The van der Waals surface area contributed by atoms with Crippen molar-refractivity contribution in [1.29, 1.82) is 0 Å². The number of H-pyrrole nitrogens is 1. The number of anilines is 1. The van der Waals surface area contributed by atoms with Crippen molar-refractivity contribution in [3.05, 3.63) is 22.8 Å². The maximum atomic E-state index is 12.1. The molecule has 0 atom stereocenters. The summed E-state index contributed by atoms with van der Waals surface area (Å²) in [4.78, 5) is 4.19. The monoisotopic (exact) mass is 302 g/mol. The number of aromatic amines is 1. The fourth-order valence-electron chi connectivity index (χ4n) is 1.41. The first-order chi connectivity index (χ1) is 8.94. The fourth-order valence-corrected chi connectivity index (χ4v) is 3.66. The van der Waals surface area contributed by atoms with Crippen LogP contribution in [0, 0.1) is 0 Å². The summed E-state index contributed by atoms with van der Waals surface area (Å²) in [6.07, 6.45) is 1.27. The molecule has 0 saturated carbocycles. The SMILES string of the molecule is CC(C)c1csc(NS(=O)(=O)c2[nH]ncc2CO)n1. The number of rotatable bonds is 5. The molecule has 2 heterocycles. The first kappa shape index (κ1) is 14.0. The van der Waals surface area contributed by atoms with Crippen molar-refractivity contribution in [3.8, 4) is 0 Å². The van der Waals surface area contributed by atoms with E-state index in [0.29, 0.717) is 5.13 Å². The van der Waals surface area contributed by atoms with Crippen LogP contribution in [0.4, 0.5) is 5.13 Å². The summed E-state index contributed by atoms with van der Waals surface area (Å²) in [6, 6.07) is 0. The molecule has 19 heavy (non-hydrogen) atoms. The van der Waals surface area contributed by atoms with Crippen molar-refractivity contribution >= 4 is 26.5 Å². The smallest absolute Gasteiger partial charge is 0.280 e. The van der Waals surface area contributed by atoms with Gasteiger partial charge in [0.1, 0.15) is 0 Å². The maximum absolute atomic E-state index is 12.1. The van der Waals surface area contributed by atoms with Gasteiger partial charge in [-0.3, -0.25) is 9.82 Å². The summed E-state index contributed by atoms with van der Waals surface area (Å²) in [5.74, 6) is 0.231. The number of aliphatic hydroxyl groups excluding tert-OH is 1. The Labute approximate surface area is 114 Å². The van der Waals surface area contributed by atoms with Crippen LogP contribution < -0.4 is 4.72 Å². The zero-order valence-electron chi connectivity index (χ0n) is 10.4. The third kappa shape index (κ3) is 2.94. The molecule has 2 aromatic rings. The quantitative estimate of drug-likeness (QED) is 0.771. The van der Waals surface area contributed by atoms with Crippen LogP contribution in [-0.2, 0) is 16.6 Å². The molecule has 0 aromatic carbocycles. The van der Waals surface area contributed by atoms with Crippen LogP contribution in [0.1, 0.15) is 31.0 Å². The number of hydrogen-bond donors (Lipinski definition) is 3. The second-order valence-electron chi connectivity index (χ2n) is 4.22. The Balaban J connectivity index is 2.26. The van der Waals surface area contributed by atoms with Crippen LogP contribution >= 0.6 is 11.3 Å². The van der Waals surface area contributed by atoms with E-state index < -0.39 is 16.6 Å². The summed E-state index contributed by atoms with van der Waals surface area (Å²) in [7, 11) is -3.81. The molecule has 104 valence electrons. The van der Waals surface area contributed by atoms with Gasteiger partial charge in [-0.1, -0.05) is 13.8 Å². The first-order valence-corrected chi connectivity index (χ1v) is 7.91. The largest absolute Gasteiger partial charge is 0.392 e. The predicted octanol–water partition coefficient (Wildman–Crippen LogP) is 1.28. The average Bonchev–Trinajstić information content (AvgIpc) is 2.95. The van der Waals surface area contributed by atoms with Crippen molar-refractivity contribution in [2.45, 2.75) is 31.4 Å². The molecular formula is C10H14N4O3S2. The molecule has 0 bridgehead atoms. The van der Waals surface area contributed by atoms with Crippen LogP contribution in [0.2, 0.25) is 0 Å². The number of thiazole rings is 1. The van der Waals surface area contributed by atoms with Gasteiger partial charge in [-0.15, -0.1) is 11.3 Å². The minimum absolute atomic E-state index is 0.142. The fraction of sp³-hybridized carbons (Fsp3) is 0.400. The zero-order chi connectivity index (χ0) is 14.0. The number of nitrogens with one attached hydrogen (secondary N) is 2. The van der Waals surface area contributed by atoms with Crippen molar-refractivity contribution in [2.24, 2.45) is 0 Å². The van der Waals surface area contributed by atoms with E-state index in [1.54, 1.807) is 0 Å². The van der Waals surface area contributed by atoms with Crippen molar-refractivity contribution in [2.75, 3.05) is 4.72 Å². The minimum Gasteiger partial charge on any atom is -0.392 e. The number of hydrogen-bond acceptors (Lipinski definition) is 6. The summed E-state index contributed by atoms with van der Waals surface area (Å²) in [5.41, 5.74) is 1.04. The molecule has 0 spiro atoms. The molecule has 0 aliphatic rings. The highest BCUT2D eigenvalue weighted by Gasteiger charge is 2.22. The standard InChI is InChI=1S/C10H14N4O3S2/c1-6(2)8-5-18-10(12-8)14-19(16,17)9-7(4-15)3-11-13-9/h3,5-6,15H,4H2,1-2H3,(H,11,13)(H,12,14). The number of aromatic nitrogens is 3. The predicted molar refractivity (Wildman–Crippen MR) is 71.5 cm³/mol. The van der Waals surface area contributed by atoms with E-state index in [0.717, 1.165) is 5.69 Å². The molecule has 0 radical (unpaired) electrons. The number of aliphatic hydroxyl groups is 1. The molecule has 2 rings (SSSR count). The van der Waals surface area contributed by atoms with E-state index in [2.05, 4.69) is 19.9 Å². The van der Waals surface area contributed by atoms with Gasteiger partial charge < -0.3 is 5.11 Å². The summed E-state index contributed by atoms with van der Waals surface area (Å²) < 4.78 is 26.6. The molecule has 0 amide bonds. The van der Waals surface area contributed by atoms with E-state index in [1.165, 1.54) is 17.5 Å². The highest BCUT2D eigenvalue weighted by molar-refractivity contribution is 7.92. The van der Waals surface area contributed by atoms with Gasteiger partial charge in [0, 0.05) is 10.9 Å². The molecule has 0 unspecified atom stereocenters. The Morgan fingerprint density at radius 2 is 2.26 bits per heavy atom.